The molecule has 1 saturated carbocycles. The molecule has 106 valence electrons. The van der Waals surface area contributed by atoms with Crippen LogP contribution in [0.1, 0.15) is 51.9 Å². The van der Waals surface area contributed by atoms with Crippen LogP contribution >= 0.6 is 0 Å². The maximum atomic E-state index is 10.1. The van der Waals surface area contributed by atoms with E-state index in [9.17, 15) is 5.11 Å². The lowest BCUT2D eigenvalue weighted by Crippen LogP contribution is -2.42. The van der Waals surface area contributed by atoms with Gasteiger partial charge in [-0.25, -0.2) is 0 Å². The molecule has 0 spiro atoms. The van der Waals surface area contributed by atoms with E-state index in [0.717, 1.165) is 19.0 Å². The van der Waals surface area contributed by atoms with Crippen LogP contribution in [-0.2, 0) is 0 Å². The summed E-state index contributed by atoms with van der Waals surface area (Å²) in [6.07, 6.45) is 9.36. The molecule has 0 aromatic heterocycles. The number of nitrogens with zero attached hydrogens (tertiary/aromatic N) is 1. The average molecular weight is 254 g/mol. The number of hydrogen-bond acceptors (Lipinski definition) is 3. The lowest BCUT2D eigenvalue weighted by atomic mass is 9.84. The summed E-state index contributed by atoms with van der Waals surface area (Å²) >= 11 is 0. The molecule has 0 bridgehead atoms. The van der Waals surface area contributed by atoms with Crippen LogP contribution in [0.4, 0.5) is 0 Å². The van der Waals surface area contributed by atoms with Gasteiger partial charge in [-0.2, -0.15) is 0 Å². The monoisotopic (exact) mass is 254 g/mol. The molecule has 2 N–H and O–H groups in total. The molecule has 3 heteroatoms. The highest BCUT2D eigenvalue weighted by molar-refractivity contribution is 4.78. The third kappa shape index (κ3) is 4.52. The first-order valence-corrected chi connectivity index (χ1v) is 7.89. The maximum absolute atomic E-state index is 10.1. The van der Waals surface area contributed by atoms with Gasteiger partial charge in [0.2, 0.25) is 0 Å². The van der Waals surface area contributed by atoms with E-state index in [1.807, 2.05) is 0 Å². The van der Waals surface area contributed by atoms with Crippen molar-refractivity contribution in [3.05, 3.63) is 0 Å². The van der Waals surface area contributed by atoms with E-state index in [4.69, 9.17) is 0 Å². The fourth-order valence-corrected chi connectivity index (χ4v) is 3.45. The summed E-state index contributed by atoms with van der Waals surface area (Å²) in [6, 6.07) is 0.568. The molecule has 3 nitrogen and oxygen atoms in total. The number of likely N-dealkylation sites (tertiary alicyclic amines) is 1. The summed E-state index contributed by atoms with van der Waals surface area (Å²) in [7, 11) is 0. The van der Waals surface area contributed by atoms with Crippen molar-refractivity contribution in [3.8, 4) is 0 Å². The van der Waals surface area contributed by atoms with Crippen LogP contribution in [0.15, 0.2) is 0 Å². The van der Waals surface area contributed by atoms with Crippen molar-refractivity contribution < 1.29 is 5.11 Å². The predicted molar refractivity (Wildman–Crippen MR) is 75.7 cm³/mol. The van der Waals surface area contributed by atoms with Gasteiger partial charge in [0.1, 0.15) is 0 Å². The van der Waals surface area contributed by atoms with Gasteiger partial charge in [-0.05, 0) is 51.6 Å². The molecular formula is C15H30N2O. The smallest absolute Gasteiger partial charge is 0.0791 e. The van der Waals surface area contributed by atoms with Gasteiger partial charge in [-0.3, -0.25) is 0 Å². The minimum absolute atomic E-state index is 0.200. The molecule has 2 fully saturated rings. The molecular weight excluding hydrogens is 224 g/mol. The summed E-state index contributed by atoms with van der Waals surface area (Å²) in [5.41, 5.74) is 0. The molecule has 1 heterocycles. The highest BCUT2D eigenvalue weighted by Crippen LogP contribution is 2.26. The van der Waals surface area contributed by atoms with Crippen molar-refractivity contribution in [3.63, 3.8) is 0 Å². The zero-order chi connectivity index (χ0) is 12.8. The second kappa shape index (κ2) is 7.46. The van der Waals surface area contributed by atoms with Crippen molar-refractivity contribution in [2.45, 2.75) is 64.0 Å². The molecule has 1 unspecified atom stereocenters. The van der Waals surface area contributed by atoms with Crippen LogP contribution in [0.5, 0.6) is 0 Å². The molecule has 2 rings (SSSR count). The van der Waals surface area contributed by atoms with Gasteiger partial charge in [0.25, 0.3) is 0 Å². The normalized spacial score (nSPS) is 26.3. The zero-order valence-electron chi connectivity index (χ0n) is 11.9. The van der Waals surface area contributed by atoms with Crippen molar-refractivity contribution in [1.29, 1.82) is 0 Å². The molecule has 0 amide bonds. The third-order valence-electron chi connectivity index (χ3n) is 4.70. The molecule has 1 saturated heterocycles. The molecule has 1 aliphatic carbocycles. The Bertz CT molecular complexity index is 223. The van der Waals surface area contributed by atoms with Crippen molar-refractivity contribution in [2.75, 3.05) is 26.2 Å². The standard InChI is InChI=1S/C15H30N2O/c1-13(14-7-3-2-4-8-14)16-11-15(18)12-17-9-5-6-10-17/h13-16,18H,2-12H2,1H3/t13-,15?/m0/s1. The lowest BCUT2D eigenvalue weighted by Gasteiger charge is -2.29. The van der Waals surface area contributed by atoms with E-state index >= 15 is 0 Å². The van der Waals surface area contributed by atoms with Gasteiger partial charge < -0.3 is 15.3 Å². The minimum Gasteiger partial charge on any atom is -0.390 e. The van der Waals surface area contributed by atoms with Crippen LogP contribution in [0.25, 0.3) is 0 Å². The summed E-state index contributed by atoms with van der Waals surface area (Å²) in [5.74, 6) is 0.831. The molecule has 2 atom stereocenters. The highest BCUT2D eigenvalue weighted by atomic mass is 16.3. The molecule has 2 aliphatic rings. The van der Waals surface area contributed by atoms with E-state index < -0.39 is 0 Å². The van der Waals surface area contributed by atoms with E-state index in [1.165, 1.54) is 58.0 Å². The van der Waals surface area contributed by atoms with Crippen LogP contribution in [0.2, 0.25) is 0 Å². The highest BCUT2D eigenvalue weighted by Gasteiger charge is 2.21. The van der Waals surface area contributed by atoms with Gasteiger partial charge in [0.05, 0.1) is 6.10 Å². The second-order valence-electron chi connectivity index (χ2n) is 6.26. The van der Waals surface area contributed by atoms with Crippen molar-refractivity contribution >= 4 is 0 Å². The van der Waals surface area contributed by atoms with Crippen LogP contribution in [-0.4, -0.2) is 48.3 Å². The van der Waals surface area contributed by atoms with Crippen LogP contribution < -0.4 is 5.32 Å². The largest absolute Gasteiger partial charge is 0.390 e. The van der Waals surface area contributed by atoms with E-state index in [1.54, 1.807) is 0 Å². The van der Waals surface area contributed by atoms with E-state index in [0.29, 0.717) is 6.04 Å². The average Bonchev–Trinajstić information content (AvgIpc) is 2.90. The Morgan fingerprint density at radius 1 is 1.11 bits per heavy atom. The number of aliphatic hydroxyl groups excluding tert-OH is 1. The topological polar surface area (TPSA) is 35.5 Å². The number of aliphatic hydroxyl groups is 1. The molecule has 0 aromatic carbocycles. The summed E-state index contributed by atoms with van der Waals surface area (Å²) in [6.45, 7) is 6.25. The maximum Gasteiger partial charge on any atom is 0.0791 e. The first kappa shape index (κ1) is 14.3. The Hall–Kier alpha value is -0.120. The predicted octanol–water partition coefficient (Wildman–Crippen LogP) is 2.00. The lowest BCUT2D eigenvalue weighted by molar-refractivity contribution is 0.116. The van der Waals surface area contributed by atoms with Gasteiger partial charge in [-0.1, -0.05) is 19.3 Å². The van der Waals surface area contributed by atoms with Crippen molar-refractivity contribution in [2.24, 2.45) is 5.92 Å². The third-order valence-corrected chi connectivity index (χ3v) is 4.70. The van der Waals surface area contributed by atoms with E-state index in [-0.39, 0.29) is 6.10 Å². The second-order valence-corrected chi connectivity index (χ2v) is 6.26. The Labute approximate surface area is 112 Å². The number of β-amino-alcohol motifs (C(OH)–C–C–N with tert-alkyl or cyclic N) is 1. The van der Waals surface area contributed by atoms with Gasteiger partial charge in [0.15, 0.2) is 0 Å². The van der Waals surface area contributed by atoms with Gasteiger partial charge in [-0.15, -0.1) is 0 Å². The fourth-order valence-electron chi connectivity index (χ4n) is 3.45. The Morgan fingerprint density at radius 2 is 1.78 bits per heavy atom. The van der Waals surface area contributed by atoms with Crippen LogP contribution in [0, 0.1) is 5.92 Å². The molecule has 1 aliphatic heterocycles. The summed E-state index contributed by atoms with van der Waals surface area (Å²) in [5, 5.41) is 13.6. The zero-order valence-corrected chi connectivity index (χ0v) is 11.9. The number of hydrogen-bond donors (Lipinski definition) is 2. The number of nitrogens with one attached hydrogen (secondary N) is 1. The van der Waals surface area contributed by atoms with Gasteiger partial charge >= 0.3 is 0 Å². The molecule has 0 radical (unpaired) electrons. The van der Waals surface area contributed by atoms with E-state index in [2.05, 4.69) is 17.1 Å². The molecule has 18 heavy (non-hydrogen) atoms. The van der Waals surface area contributed by atoms with Crippen molar-refractivity contribution in [1.82, 2.24) is 10.2 Å². The SMILES string of the molecule is C[C@H](NCC(O)CN1CCCC1)C1CCCCC1. The molecule has 0 aromatic rings. The fraction of sp³-hybridized carbons (Fsp3) is 1.00. The Morgan fingerprint density at radius 3 is 2.44 bits per heavy atom. The van der Waals surface area contributed by atoms with Gasteiger partial charge in [0, 0.05) is 19.1 Å². The first-order valence-electron chi connectivity index (χ1n) is 7.89. The Balaban J connectivity index is 1.60. The quantitative estimate of drug-likeness (QED) is 0.761. The van der Waals surface area contributed by atoms with Crippen LogP contribution in [0.3, 0.4) is 0 Å². The minimum atomic E-state index is -0.200. The summed E-state index contributed by atoms with van der Waals surface area (Å²) in [4.78, 5) is 2.39. The summed E-state index contributed by atoms with van der Waals surface area (Å²) < 4.78 is 0. The Kier molecular flexibility index (Phi) is 5.93. The first-order chi connectivity index (χ1) is 8.75. The number of rotatable bonds is 6.